The van der Waals surface area contributed by atoms with Crippen molar-refractivity contribution >= 4 is 217 Å². The predicted octanol–water partition coefficient (Wildman–Crippen LogP) is 1.35. The van der Waals surface area contributed by atoms with Gasteiger partial charge in [-0.05, 0) is 79.2 Å². The summed E-state index contributed by atoms with van der Waals surface area (Å²) in [6, 6.07) is 8.20. The first-order valence-corrected chi connectivity index (χ1v) is 19.7. The zero-order chi connectivity index (χ0) is 38.4. The summed E-state index contributed by atoms with van der Waals surface area (Å²) in [7, 11) is -19.2. The summed E-state index contributed by atoms with van der Waals surface area (Å²) in [4.78, 5) is 21.9. The maximum absolute atomic E-state index is 13.1. The maximum Gasteiger partial charge on any atom is 0.296 e. The van der Waals surface area contributed by atoms with Crippen molar-refractivity contribution in [2.45, 2.75) is 32.5 Å². The van der Waals surface area contributed by atoms with Crippen LogP contribution in [0.15, 0.2) is 95.6 Å². The van der Waals surface area contributed by atoms with Gasteiger partial charge in [-0.1, -0.05) is 0 Å². The second kappa shape index (κ2) is 20.5. The van der Waals surface area contributed by atoms with Gasteiger partial charge >= 0.3 is 0 Å². The van der Waals surface area contributed by atoms with Crippen LogP contribution in [-0.4, -0.2) is 203 Å². The number of nitrogens with one attached hydrogen (secondary N) is 2. The van der Waals surface area contributed by atoms with Crippen LogP contribution >= 0.6 is 11.6 Å². The van der Waals surface area contributed by atoms with Crippen LogP contribution in [0.2, 0.25) is 5.28 Å². The summed E-state index contributed by atoms with van der Waals surface area (Å²) in [6.45, 7) is 1.41. The van der Waals surface area contributed by atoms with Gasteiger partial charge in [0.25, 0.3) is 46.4 Å². The Hall–Kier alpha value is -1.06. The van der Waals surface area contributed by atoms with E-state index in [4.69, 9.17) is 11.6 Å². The SMILES string of the molecule is CC1=NN(c2ccc(S(=O)(=O)O)cc2)C(=O)C1N=Nc1cc(Nc2nc(Cl)nc(Nc3cc(S(=O)(=O)O)ccc3S(=O)(=O)O)n2)ccc1S(=O)(=O)O.[Na].[Na].[Na].[Na]. The number of rotatable bonds is 11. The van der Waals surface area contributed by atoms with E-state index in [-0.39, 0.29) is 141 Å². The zero-order valence-electron chi connectivity index (χ0n) is 29.5. The third-order valence-electron chi connectivity index (χ3n) is 6.63. The summed E-state index contributed by atoms with van der Waals surface area (Å²) >= 11 is 5.99. The van der Waals surface area contributed by atoms with E-state index in [0.29, 0.717) is 18.2 Å². The number of benzene rings is 3. The number of nitrogens with zero attached hydrogens (tertiary/aromatic N) is 7. The normalized spacial score (nSPS) is 14.5. The molecular formula is C25H20ClN9Na4O13S4. The second-order valence-corrected chi connectivity index (χ2v) is 16.2. The van der Waals surface area contributed by atoms with Crippen LogP contribution in [0.1, 0.15) is 6.92 Å². The molecule has 4 radical (unpaired) electrons. The fraction of sp³-hybridized carbons (Fsp3) is 0.0800. The van der Waals surface area contributed by atoms with Crippen LogP contribution in [0, 0.1) is 0 Å². The first-order valence-electron chi connectivity index (χ1n) is 13.5. The van der Waals surface area contributed by atoms with E-state index in [9.17, 15) is 56.7 Å². The number of carbonyl (C=O) groups is 1. The van der Waals surface area contributed by atoms with Gasteiger partial charge in [-0.3, -0.25) is 23.0 Å². The third kappa shape index (κ3) is 13.2. The van der Waals surface area contributed by atoms with E-state index in [2.05, 4.69) is 40.9 Å². The number of azo groups is 1. The van der Waals surface area contributed by atoms with Gasteiger partial charge in [-0.25, -0.2) is 0 Å². The van der Waals surface area contributed by atoms with Crippen molar-refractivity contribution in [3.05, 3.63) is 65.9 Å². The molecule has 1 unspecified atom stereocenters. The zero-order valence-corrected chi connectivity index (χ0v) is 41.5. The molecule has 3 aromatic carbocycles. The number of hydrazone groups is 1. The van der Waals surface area contributed by atoms with Crippen LogP contribution in [0.3, 0.4) is 0 Å². The van der Waals surface area contributed by atoms with Gasteiger partial charge in [0.1, 0.15) is 15.5 Å². The number of hydrogen-bond acceptors (Lipinski definition) is 17. The molecule has 6 N–H and O–H groups in total. The van der Waals surface area contributed by atoms with Crippen molar-refractivity contribution in [3.63, 3.8) is 0 Å². The molecule has 0 spiro atoms. The fourth-order valence-corrected chi connectivity index (χ4v) is 6.73. The summed E-state index contributed by atoms with van der Waals surface area (Å²) in [5.41, 5.74) is -0.924. The van der Waals surface area contributed by atoms with E-state index in [1.807, 2.05) is 0 Å². The fourth-order valence-electron chi connectivity index (χ4n) is 4.35. The van der Waals surface area contributed by atoms with Crippen LogP contribution in [0.5, 0.6) is 0 Å². The molecule has 2 heterocycles. The van der Waals surface area contributed by atoms with E-state index in [1.54, 1.807) is 0 Å². The number of amides is 1. The summed E-state index contributed by atoms with van der Waals surface area (Å²) in [5, 5.41) is 17.2. The number of aromatic nitrogens is 3. The van der Waals surface area contributed by atoms with Crippen molar-refractivity contribution in [2.24, 2.45) is 15.3 Å². The molecule has 278 valence electrons. The van der Waals surface area contributed by atoms with Gasteiger partial charge in [0.15, 0.2) is 6.04 Å². The molecular weight excluding hydrogens is 890 g/mol. The molecule has 4 aromatic rings. The van der Waals surface area contributed by atoms with Gasteiger partial charge in [0.2, 0.25) is 17.2 Å². The van der Waals surface area contributed by atoms with Gasteiger partial charge in [-0.15, -0.1) is 0 Å². The average Bonchev–Trinajstić information content (AvgIpc) is 3.30. The van der Waals surface area contributed by atoms with Crippen molar-refractivity contribution in [2.75, 3.05) is 15.6 Å². The van der Waals surface area contributed by atoms with E-state index in [0.717, 1.165) is 35.3 Å². The minimum absolute atomic E-state index is 0. The second-order valence-electron chi connectivity index (χ2n) is 10.2. The molecule has 56 heavy (non-hydrogen) atoms. The van der Waals surface area contributed by atoms with Crippen LogP contribution < -0.4 is 15.6 Å². The largest absolute Gasteiger partial charge is 0.324 e. The Morgan fingerprint density at radius 3 is 1.73 bits per heavy atom. The number of carbonyl (C=O) groups excluding carboxylic acids is 1. The Morgan fingerprint density at radius 1 is 0.679 bits per heavy atom. The van der Waals surface area contributed by atoms with E-state index in [1.165, 1.54) is 19.1 Å². The number of anilines is 5. The van der Waals surface area contributed by atoms with Gasteiger partial charge in [0.05, 0.1) is 26.9 Å². The molecule has 1 amide bonds. The summed E-state index contributed by atoms with van der Waals surface area (Å²) < 4.78 is 132. The summed E-state index contributed by atoms with van der Waals surface area (Å²) in [6.07, 6.45) is 0. The first kappa shape index (κ1) is 53.0. The molecule has 1 atom stereocenters. The molecule has 22 nitrogen and oxygen atoms in total. The molecule has 1 aliphatic heterocycles. The Bertz CT molecular complexity index is 2660. The average molecular weight is 910 g/mol. The molecule has 0 aliphatic carbocycles. The monoisotopic (exact) mass is 909 g/mol. The van der Waals surface area contributed by atoms with Crippen LogP contribution in [0.25, 0.3) is 0 Å². The molecule has 0 bridgehead atoms. The Morgan fingerprint density at radius 2 is 1.20 bits per heavy atom. The standard InChI is InChI=1S/C25H20ClN9O13S4.4Na/c1-12-21(22(36)35(34-12)14-3-5-15(6-4-14)49(37,38)39)33-32-18-10-13(2-8-20(18)52(46,47)48)27-24-29-23(26)30-25(31-24)28-17-11-16(50(40,41)42)7-9-19(17)51(43,44)45;;;;/h2-11,21H,1H3,(H,37,38,39)(H,40,41,42)(H,43,44,45)(H,46,47,48)(H2,27,28,29,30,31);;;;. The van der Waals surface area contributed by atoms with Crippen molar-refractivity contribution < 1.29 is 56.7 Å². The van der Waals surface area contributed by atoms with Gasteiger partial charge in [0, 0.05) is 124 Å². The molecule has 1 aliphatic rings. The molecule has 0 saturated heterocycles. The molecule has 31 heteroatoms. The first-order chi connectivity index (χ1) is 24.0. The van der Waals surface area contributed by atoms with Crippen molar-refractivity contribution in [3.8, 4) is 0 Å². The third-order valence-corrected chi connectivity index (χ3v) is 10.3. The topological polar surface area (TPSA) is 338 Å². The number of halogens is 1. The Labute approximate surface area is 412 Å². The quantitative estimate of drug-likeness (QED) is 0.0702. The Kier molecular flexibility index (Phi) is 19.4. The Balaban J connectivity index is 0.00000392. The molecule has 0 fully saturated rings. The molecule has 0 saturated carbocycles. The minimum atomic E-state index is -4.96. The predicted molar refractivity (Wildman–Crippen MR) is 202 cm³/mol. The molecule has 1 aromatic heterocycles. The molecule has 5 rings (SSSR count). The summed E-state index contributed by atoms with van der Waals surface area (Å²) in [5.74, 6) is -1.67. The van der Waals surface area contributed by atoms with Gasteiger partial charge in [-0.2, -0.15) is 69.0 Å². The minimum Gasteiger partial charge on any atom is -0.324 e. The van der Waals surface area contributed by atoms with Gasteiger partial charge < -0.3 is 10.6 Å². The van der Waals surface area contributed by atoms with E-state index >= 15 is 0 Å². The number of hydrogen-bond donors (Lipinski definition) is 6. The van der Waals surface area contributed by atoms with Crippen LogP contribution in [0.4, 0.5) is 34.6 Å². The smallest absolute Gasteiger partial charge is 0.296 e. The van der Waals surface area contributed by atoms with E-state index < -0.39 is 94.6 Å². The van der Waals surface area contributed by atoms with Crippen molar-refractivity contribution in [1.29, 1.82) is 0 Å². The van der Waals surface area contributed by atoms with Crippen LogP contribution in [-0.2, 0) is 45.3 Å². The van der Waals surface area contributed by atoms with Crippen molar-refractivity contribution in [1.82, 2.24) is 15.0 Å². The maximum atomic E-state index is 13.1.